The van der Waals surface area contributed by atoms with Gasteiger partial charge in [0.25, 0.3) is 10.2 Å². The number of hydrogen-bond donors (Lipinski definition) is 1. The van der Waals surface area contributed by atoms with E-state index in [9.17, 15) is 13.2 Å². The molecular formula is C16H19N5O4S. The first-order valence-electron chi connectivity index (χ1n) is 8.00. The van der Waals surface area contributed by atoms with E-state index in [-0.39, 0.29) is 5.56 Å². The molecule has 26 heavy (non-hydrogen) atoms. The number of hydrogen-bond acceptors (Lipinski definition) is 6. The summed E-state index contributed by atoms with van der Waals surface area (Å²) in [6.07, 6.45) is 7.20. The highest BCUT2D eigenvalue weighted by Crippen LogP contribution is 2.34. The van der Waals surface area contributed by atoms with Gasteiger partial charge >= 0.3 is 5.97 Å². The van der Waals surface area contributed by atoms with Crippen molar-refractivity contribution in [1.82, 2.24) is 23.6 Å². The van der Waals surface area contributed by atoms with Crippen LogP contribution in [-0.4, -0.2) is 63.7 Å². The third kappa shape index (κ3) is 3.43. The zero-order chi connectivity index (χ0) is 18.9. The molecule has 0 unspecified atom stereocenters. The van der Waals surface area contributed by atoms with Crippen LogP contribution in [0.5, 0.6) is 0 Å². The minimum atomic E-state index is -3.56. The Hall–Kier alpha value is -2.43. The van der Waals surface area contributed by atoms with Gasteiger partial charge in [-0.15, -0.1) is 0 Å². The van der Waals surface area contributed by atoms with Crippen molar-refractivity contribution in [2.45, 2.75) is 18.9 Å². The zero-order valence-corrected chi connectivity index (χ0v) is 15.2. The van der Waals surface area contributed by atoms with Crippen LogP contribution < -0.4 is 0 Å². The summed E-state index contributed by atoms with van der Waals surface area (Å²) in [7, 11) is -0.569. The number of pyridine rings is 1. The van der Waals surface area contributed by atoms with E-state index in [1.807, 2.05) is 0 Å². The largest absolute Gasteiger partial charge is 0.478 e. The van der Waals surface area contributed by atoms with Crippen molar-refractivity contribution in [3.63, 3.8) is 0 Å². The lowest BCUT2D eigenvalue weighted by Gasteiger charge is -2.26. The average molecular weight is 377 g/mol. The summed E-state index contributed by atoms with van der Waals surface area (Å²) < 4.78 is 27.6. The van der Waals surface area contributed by atoms with Crippen molar-refractivity contribution in [2.24, 2.45) is 0 Å². The Morgan fingerprint density at radius 1 is 1.23 bits per heavy atom. The standard InChI is InChI=1S/C16H19N5O4S/c1-20(2)26(24,25)21-5-3-4-15(21)14-10-18-9-13(19-14)11-6-12(16(22)23)8-17-7-11/h6-10,15H,3-5H2,1-2H3,(H,22,23)/t15-/m0/s1. The molecule has 0 amide bonds. The molecular weight excluding hydrogens is 358 g/mol. The molecule has 3 heterocycles. The first-order chi connectivity index (χ1) is 12.3. The maximum absolute atomic E-state index is 12.5. The van der Waals surface area contributed by atoms with Crippen LogP contribution >= 0.6 is 0 Å². The van der Waals surface area contributed by atoms with Gasteiger partial charge in [-0.25, -0.2) is 9.78 Å². The summed E-state index contributed by atoms with van der Waals surface area (Å²) in [5, 5.41) is 9.11. The van der Waals surface area contributed by atoms with Crippen molar-refractivity contribution >= 4 is 16.2 Å². The lowest BCUT2D eigenvalue weighted by Crippen LogP contribution is -2.39. The van der Waals surface area contributed by atoms with Crippen LogP contribution in [0.25, 0.3) is 11.3 Å². The molecule has 138 valence electrons. The maximum atomic E-state index is 12.5. The Kier molecular flexibility index (Phi) is 4.99. The Morgan fingerprint density at radius 3 is 2.65 bits per heavy atom. The molecule has 2 aromatic heterocycles. The second-order valence-corrected chi connectivity index (χ2v) is 8.25. The van der Waals surface area contributed by atoms with Crippen LogP contribution in [0.3, 0.4) is 0 Å². The molecule has 0 spiro atoms. The summed E-state index contributed by atoms with van der Waals surface area (Å²) in [6, 6.07) is 1.07. The van der Waals surface area contributed by atoms with Gasteiger partial charge in [-0.05, 0) is 18.9 Å². The molecule has 2 aromatic rings. The fraction of sp³-hybridized carbons (Fsp3) is 0.375. The molecule has 0 radical (unpaired) electrons. The van der Waals surface area contributed by atoms with E-state index in [2.05, 4.69) is 15.0 Å². The van der Waals surface area contributed by atoms with Gasteiger partial charge in [-0.3, -0.25) is 9.97 Å². The normalized spacial score (nSPS) is 18.3. The Morgan fingerprint density at radius 2 is 1.96 bits per heavy atom. The summed E-state index contributed by atoms with van der Waals surface area (Å²) in [5.74, 6) is -1.08. The van der Waals surface area contributed by atoms with E-state index in [0.717, 1.165) is 6.42 Å². The molecule has 0 aliphatic carbocycles. The second-order valence-electron chi connectivity index (χ2n) is 6.16. The predicted octanol–water partition coefficient (Wildman–Crippen LogP) is 1.18. The highest BCUT2D eigenvalue weighted by Gasteiger charge is 2.37. The molecule has 1 aliphatic rings. The van der Waals surface area contributed by atoms with Crippen molar-refractivity contribution in [3.05, 3.63) is 42.1 Å². The summed E-state index contributed by atoms with van der Waals surface area (Å²) in [4.78, 5) is 23.7. The van der Waals surface area contributed by atoms with Crippen molar-refractivity contribution in [1.29, 1.82) is 0 Å². The average Bonchev–Trinajstić information content (AvgIpc) is 3.12. The molecule has 3 rings (SSSR count). The number of rotatable bonds is 5. The predicted molar refractivity (Wildman–Crippen MR) is 93.5 cm³/mol. The summed E-state index contributed by atoms with van der Waals surface area (Å²) in [5.41, 5.74) is 1.55. The summed E-state index contributed by atoms with van der Waals surface area (Å²) in [6.45, 7) is 0.424. The minimum Gasteiger partial charge on any atom is -0.478 e. The maximum Gasteiger partial charge on any atom is 0.337 e. The van der Waals surface area contributed by atoms with Crippen molar-refractivity contribution in [2.75, 3.05) is 20.6 Å². The van der Waals surface area contributed by atoms with Crippen LogP contribution in [0.1, 0.15) is 34.9 Å². The van der Waals surface area contributed by atoms with E-state index < -0.39 is 22.2 Å². The molecule has 0 bridgehead atoms. The lowest BCUT2D eigenvalue weighted by molar-refractivity contribution is 0.0696. The number of aromatic nitrogens is 3. The fourth-order valence-corrected chi connectivity index (χ4v) is 4.21. The van der Waals surface area contributed by atoms with Crippen LogP contribution in [0, 0.1) is 0 Å². The van der Waals surface area contributed by atoms with Crippen LogP contribution in [0.4, 0.5) is 0 Å². The van der Waals surface area contributed by atoms with E-state index in [0.29, 0.717) is 29.9 Å². The monoisotopic (exact) mass is 377 g/mol. The third-order valence-corrected chi connectivity index (χ3v) is 6.19. The Balaban J connectivity index is 1.97. The third-order valence-electron chi connectivity index (χ3n) is 4.24. The molecule has 0 saturated carbocycles. The van der Waals surface area contributed by atoms with Gasteiger partial charge in [0.05, 0.1) is 35.4 Å². The molecule has 9 nitrogen and oxygen atoms in total. The topological polar surface area (TPSA) is 117 Å². The number of aromatic carboxylic acids is 1. The number of nitrogens with zero attached hydrogens (tertiary/aromatic N) is 5. The van der Waals surface area contributed by atoms with Crippen LogP contribution in [-0.2, 0) is 10.2 Å². The minimum absolute atomic E-state index is 0.0485. The van der Waals surface area contributed by atoms with Crippen molar-refractivity contribution in [3.8, 4) is 11.3 Å². The molecule has 1 fully saturated rings. The van der Waals surface area contributed by atoms with Gasteiger partial charge in [-0.1, -0.05) is 0 Å². The van der Waals surface area contributed by atoms with Crippen LogP contribution in [0.2, 0.25) is 0 Å². The quantitative estimate of drug-likeness (QED) is 0.831. The first kappa shape index (κ1) is 18.4. The van der Waals surface area contributed by atoms with Gasteiger partial charge in [0, 0.05) is 38.6 Å². The SMILES string of the molecule is CN(C)S(=O)(=O)N1CCC[C@H]1c1cncc(-c2cncc(C(=O)O)c2)n1. The molecule has 1 N–H and O–H groups in total. The fourth-order valence-electron chi connectivity index (χ4n) is 2.90. The molecule has 0 aromatic carbocycles. The molecule has 1 aliphatic heterocycles. The molecule has 1 atom stereocenters. The Bertz CT molecular complexity index is 932. The van der Waals surface area contributed by atoms with Gasteiger partial charge in [0.1, 0.15) is 0 Å². The number of carbonyl (C=O) groups is 1. The first-order valence-corrected chi connectivity index (χ1v) is 9.40. The van der Waals surface area contributed by atoms with Gasteiger partial charge in [0.15, 0.2) is 0 Å². The highest BCUT2D eigenvalue weighted by atomic mass is 32.2. The number of carboxylic acid groups (broad SMARTS) is 1. The summed E-state index contributed by atoms with van der Waals surface area (Å²) >= 11 is 0. The highest BCUT2D eigenvalue weighted by molar-refractivity contribution is 7.86. The van der Waals surface area contributed by atoms with E-state index in [1.165, 1.54) is 47.4 Å². The number of carboxylic acids is 1. The van der Waals surface area contributed by atoms with Crippen molar-refractivity contribution < 1.29 is 18.3 Å². The van der Waals surface area contributed by atoms with Gasteiger partial charge < -0.3 is 5.11 Å². The molecule has 10 heteroatoms. The lowest BCUT2D eigenvalue weighted by atomic mass is 10.1. The van der Waals surface area contributed by atoms with Gasteiger partial charge in [0.2, 0.25) is 0 Å². The van der Waals surface area contributed by atoms with E-state index in [4.69, 9.17) is 5.11 Å². The smallest absolute Gasteiger partial charge is 0.337 e. The van der Waals surface area contributed by atoms with E-state index in [1.54, 1.807) is 6.20 Å². The van der Waals surface area contributed by atoms with Gasteiger partial charge in [-0.2, -0.15) is 17.0 Å². The van der Waals surface area contributed by atoms with E-state index >= 15 is 0 Å². The van der Waals surface area contributed by atoms with Crippen LogP contribution in [0.15, 0.2) is 30.9 Å². The Labute approximate surface area is 151 Å². The molecule has 1 saturated heterocycles. The second kappa shape index (κ2) is 7.06. The zero-order valence-electron chi connectivity index (χ0n) is 14.4.